The summed E-state index contributed by atoms with van der Waals surface area (Å²) in [5, 5.41) is 6.89. The molecule has 140 valence electrons. The molecule has 1 aromatic heterocycles. The zero-order valence-corrected chi connectivity index (χ0v) is 15.8. The van der Waals surface area contributed by atoms with Gasteiger partial charge in [-0.15, -0.1) is 0 Å². The van der Waals surface area contributed by atoms with Crippen LogP contribution in [-0.2, 0) is 0 Å². The van der Waals surface area contributed by atoms with Gasteiger partial charge < -0.3 is 14.6 Å². The minimum atomic E-state index is -0.576. The normalized spacial score (nSPS) is 11.9. The van der Waals surface area contributed by atoms with E-state index in [4.69, 9.17) is 20.9 Å². The number of carbonyl (C=O) groups is 1. The van der Waals surface area contributed by atoms with Crippen molar-refractivity contribution in [1.82, 2.24) is 10.5 Å². The van der Waals surface area contributed by atoms with Crippen molar-refractivity contribution < 1.29 is 18.4 Å². The lowest BCUT2D eigenvalue weighted by molar-refractivity contribution is 0.0939. The Morgan fingerprint density at radius 3 is 2.59 bits per heavy atom. The van der Waals surface area contributed by atoms with Gasteiger partial charge in [-0.1, -0.05) is 35.0 Å². The molecule has 0 aliphatic rings. The van der Waals surface area contributed by atoms with Crippen molar-refractivity contribution >= 4 is 17.5 Å². The van der Waals surface area contributed by atoms with Crippen LogP contribution in [0.15, 0.2) is 47.0 Å². The highest BCUT2D eigenvalue weighted by Gasteiger charge is 2.26. The quantitative estimate of drug-likeness (QED) is 0.672. The summed E-state index contributed by atoms with van der Waals surface area (Å²) in [7, 11) is 1.59. The second-order valence-electron chi connectivity index (χ2n) is 6.03. The average Bonchev–Trinajstić information content (AvgIpc) is 3.03. The number of methoxy groups -OCH3 is 1. The number of halogens is 2. The number of benzene rings is 2. The summed E-state index contributed by atoms with van der Waals surface area (Å²) >= 11 is 6.11. The van der Waals surface area contributed by atoms with E-state index < -0.39 is 11.7 Å². The lowest BCUT2D eigenvalue weighted by atomic mass is 10.0. The molecule has 2 aromatic carbocycles. The Hall–Kier alpha value is -2.86. The van der Waals surface area contributed by atoms with E-state index in [-0.39, 0.29) is 33.6 Å². The molecule has 0 aliphatic heterocycles. The molecule has 0 unspecified atom stereocenters. The van der Waals surface area contributed by atoms with Gasteiger partial charge in [-0.3, -0.25) is 4.79 Å². The third-order valence-electron chi connectivity index (χ3n) is 4.25. The number of hydrogen-bond acceptors (Lipinski definition) is 4. The van der Waals surface area contributed by atoms with Crippen molar-refractivity contribution in [3.63, 3.8) is 0 Å². The molecule has 1 heterocycles. The van der Waals surface area contributed by atoms with Crippen LogP contribution >= 0.6 is 11.6 Å². The van der Waals surface area contributed by atoms with Gasteiger partial charge in [-0.05, 0) is 43.7 Å². The summed E-state index contributed by atoms with van der Waals surface area (Å²) in [6, 6.07) is 11.3. The second-order valence-corrected chi connectivity index (χ2v) is 6.43. The van der Waals surface area contributed by atoms with Crippen LogP contribution in [0.3, 0.4) is 0 Å². The highest BCUT2D eigenvalue weighted by atomic mass is 35.5. The Bertz CT molecular complexity index is 950. The SMILES string of the molecule is COc1ccc([C@H](C)NC(=O)c2c(-c3c(F)cccc3Cl)noc2C)cc1. The third-order valence-corrected chi connectivity index (χ3v) is 4.57. The first kappa shape index (κ1) is 18.9. The van der Waals surface area contributed by atoms with Gasteiger partial charge in [-0.25, -0.2) is 4.39 Å². The maximum atomic E-state index is 14.3. The Labute approximate surface area is 161 Å². The number of carbonyl (C=O) groups excluding carboxylic acids is 1. The maximum Gasteiger partial charge on any atom is 0.257 e. The Kier molecular flexibility index (Phi) is 5.46. The van der Waals surface area contributed by atoms with Crippen LogP contribution in [0.2, 0.25) is 5.02 Å². The van der Waals surface area contributed by atoms with E-state index in [1.54, 1.807) is 14.0 Å². The molecule has 0 fully saturated rings. The van der Waals surface area contributed by atoms with E-state index in [1.807, 2.05) is 31.2 Å². The lowest BCUT2D eigenvalue weighted by Crippen LogP contribution is -2.27. The molecule has 3 rings (SSSR count). The molecule has 3 aromatic rings. The molecule has 0 aliphatic carbocycles. The minimum absolute atomic E-state index is 0.0401. The van der Waals surface area contributed by atoms with E-state index >= 15 is 0 Å². The summed E-state index contributed by atoms with van der Waals surface area (Å²) in [5.74, 6) is 0.00632. The van der Waals surface area contributed by atoms with E-state index in [1.165, 1.54) is 18.2 Å². The van der Waals surface area contributed by atoms with Crippen molar-refractivity contribution in [2.45, 2.75) is 19.9 Å². The molecule has 5 nitrogen and oxygen atoms in total. The predicted molar refractivity (Wildman–Crippen MR) is 101 cm³/mol. The van der Waals surface area contributed by atoms with Gasteiger partial charge in [0.05, 0.1) is 23.7 Å². The van der Waals surface area contributed by atoms with E-state index in [0.29, 0.717) is 0 Å². The number of amides is 1. The topological polar surface area (TPSA) is 64.4 Å². The first-order valence-electron chi connectivity index (χ1n) is 8.27. The lowest BCUT2D eigenvalue weighted by Gasteiger charge is -2.15. The largest absolute Gasteiger partial charge is 0.497 e. The summed E-state index contributed by atoms with van der Waals surface area (Å²) in [5.41, 5.74) is 1.17. The van der Waals surface area contributed by atoms with Gasteiger partial charge in [-0.2, -0.15) is 0 Å². The highest BCUT2D eigenvalue weighted by Crippen LogP contribution is 2.33. The van der Waals surface area contributed by atoms with Crippen molar-refractivity contribution in [3.8, 4) is 17.0 Å². The highest BCUT2D eigenvalue weighted by molar-refractivity contribution is 6.33. The van der Waals surface area contributed by atoms with Crippen LogP contribution in [0.25, 0.3) is 11.3 Å². The first-order valence-corrected chi connectivity index (χ1v) is 8.65. The third kappa shape index (κ3) is 3.80. The molecular formula is C20H18ClFN2O3. The van der Waals surface area contributed by atoms with Crippen molar-refractivity contribution in [2.24, 2.45) is 0 Å². The maximum absolute atomic E-state index is 14.3. The van der Waals surface area contributed by atoms with Crippen LogP contribution in [0, 0.1) is 12.7 Å². The number of aryl methyl sites for hydroxylation is 1. The second kappa shape index (κ2) is 7.80. The molecule has 0 bridgehead atoms. The Balaban J connectivity index is 1.90. The van der Waals surface area contributed by atoms with Crippen LogP contribution in [-0.4, -0.2) is 18.2 Å². The molecule has 0 saturated carbocycles. The predicted octanol–water partition coefficient (Wildman–Crippen LogP) is 4.94. The summed E-state index contributed by atoms with van der Waals surface area (Å²) in [6.45, 7) is 3.44. The molecule has 0 spiro atoms. The van der Waals surface area contributed by atoms with Crippen LogP contribution in [0.4, 0.5) is 4.39 Å². The summed E-state index contributed by atoms with van der Waals surface area (Å²) in [6.07, 6.45) is 0. The van der Waals surface area contributed by atoms with Gasteiger partial charge in [0.25, 0.3) is 5.91 Å². The van der Waals surface area contributed by atoms with Gasteiger partial charge in [0, 0.05) is 0 Å². The molecule has 7 heteroatoms. The Morgan fingerprint density at radius 1 is 1.26 bits per heavy atom. The first-order chi connectivity index (χ1) is 12.9. The van der Waals surface area contributed by atoms with Gasteiger partial charge >= 0.3 is 0 Å². The summed E-state index contributed by atoms with van der Waals surface area (Å²) in [4.78, 5) is 12.8. The smallest absolute Gasteiger partial charge is 0.257 e. The van der Waals surface area contributed by atoms with Gasteiger partial charge in [0.1, 0.15) is 28.6 Å². The van der Waals surface area contributed by atoms with E-state index in [0.717, 1.165) is 11.3 Å². The molecular weight excluding hydrogens is 371 g/mol. The van der Waals surface area contributed by atoms with Gasteiger partial charge in [0.15, 0.2) is 0 Å². The van der Waals surface area contributed by atoms with Gasteiger partial charge in [0.2, 0.25) is 0 Å². The number of aromatic nitrogens is 1. The number of nitrogens with one attached hydrogen (secondary N) is 1. The monoisotopic (exact) mass is 388 g/mol. The average molecular weight is 389 g/mol. The number of rotatable bonds is 5. The molecule has 0 saturated heterocycles. The molecule has 1 N–H and O–H groups in total. The van der Waals surface area contributed by atoms with Crippen LogP contribution < -0.4 is 10.1 Å². The zero-order valence-electron chi connectivity index (χ0n) is 15.0. The molecule has 27 heavy (non-hydrogen) atoms. The molecule has 1 atom stereocenters. The van der Waals surface area contributed by atoms with E-state index in [2.05, 4.69) is 10.5 Å². The van der Waals surface area contributed by atoms with E-state index in [9.17, 15) is 9.18 Å². The fourth-order valence-electron chi connectivity index (χ4n) is 2.78. The number of ether oxygens (including phenoxy) is 1. The fraction of sp³-hybridized carbons (Fsp3) is 0.200. The molecule has 1 amide bonds. The van der Waals surface area contributed by atoms with Crippen molar-refractivity contribution in [2.75, 3.05) is 7.11 Å². The summed E-state index contributed by atoms with van der Waals surface area (Å²) < 4.78 is 24.6. The standard InChI is InChI=1S/C20H18ClFN2O3/c1-11(13-7-9-14(26-3)10-8-13)23-20(25)17-12(2)27-24-19(17)18-15(21)5-4-6-16(18)22/h4-11H,1-3H3,(H,23,25)/t11-/m0/s1. The Morgan fingerprint density at radius 2 is 1.96 bits per heavy atom. The van der Waals surface area contributed by atoms with Crippen molar-refractivity contribution in [1.29, 1.82) is 0 Å². The van der Waals surface area contributed by atoms with Crippen LogP contribution in [0.1, 0.15) is 34.6 Å². The van der Waals surface area contributed by atoms with Crippen molar-refractivity contribution in [3.05, 3.63) is 70.2 Å². The molecule has 0 radical (unpaired) electrons. The fourth-order valence-corrected chi connectivity index (χ4v) is 3.03. The number of nitrogens with zero attached hydrogens (tertiary/aromatic N) is 1. The van der Waals surface area contributed by atoms with Crippen LogP contribution in [0.5, 0.6) is 5.75 Å². The number of hydrogen-bond donors (Lipinski definition) is 1. The zero-order chi connectivity index (χ0) is 19.6. The minimum Gasteiger partial charge on any atom is -0.497 e.